The first-order valence-electron chi connectivity index (χ1n) is 5.61. The number of nitrogens with two attached hydrogens (primary N) is 1. The molecule has 3 heteroatoms. The van der Waals surface area contributed by atoms with E-state index in [2.05, 4.69) is 20.8 Å². The topological polar surface area (TPSA) is 35.2 Å². The maximum atomic E-state index is 6.14. The lowest BCUT2D eigenvalue weighted by Crippen LogP contribution is -2.24. The van der Waals surface area contributed by atoms with Crippen molar-refractivity contribution in [1.82, 2.24) is 0 Å². The minimum atomic E-state index is 0.0402. The van der Waals surface area contributed by atoms with Crippen molar-refractivity contribution in [2.24, 2.45) is 5.73 Å². The van der Waals surface area contributed by atoms with Crippen LogP contribution in [0.2, 0.25) is 5.02 Å². The summed E-state index contributed by atoms with van der Waals surface area (Å²) >= 11 is 6.14. The normalized spacial score (nSPS) is 19.4. The molecule has 16 heavy (non-hydrogen) atoms. The summed E-state index contributed by atoms with van der Waals surface area (Å²) in [5.74, 6) is 0.993. The molecule has 1 aromatic carbocycles. The van der Waals surface area contributed by atoms with Crippen LogP contribution in [-0.4, -0.2) is 12.6 Å². The molecule has 2 nitrogen and oxygen atoms in total. The maximum absolute atomic E-state index is 6.14. The quantitative estimate of drug-likeness (QED) is 0.818. The van der Waals surface area contributed by atoms with Crippen molar-refractivity contribution in [1.29, 1.82) is 0 Å². The molecule has 0 amide bonds. The third kappa shape index (κ3) is 2.04. The fraction of sp³-hybridized carbons (Fsp3) is 0.538. The van der Waals surface area contributed by atoms with Crippen LogP contribution in [0.25, 0.3) is 0 Å². The zero-order chi connectivity index (χ0) is 11.9. The third-order valence-electron chi connectivity index (χ3n) is 2.93. The smallest absolute Gasteiger partial charge is 0.126 e. The van der Waals surface area contributed by atoms with Crippen molar-refractivity contribution < 1.29 is 4.74 Å². The van der Waals surface area contributed by atoms with Crippen molar-refractivity contribution in [3.8, 4) is 5.75 Å². The van der Waals surface area contributed by atoms with Gasteiger partial charge in [-0.25, -0.2) is 0 Å². The van der Waals surface area contributed by atoms with Crippen molar-refractivity contribution in [3.05, 3.63) is 28.3 Å². The van der Waals surface area contributed by atoms with Gasteiger partial charge in [-0.1, -0.05) is 32.4 Å². The van der Waals surface area contributed by atoms with Gasteiger partial charge in [0.25, 0.3) is 0 Å². The molecule has 2 rings (SSSR count). The summed E-state index contributed by atoms with van der Waals surface area (Å²) in [6, 6.07) is 3.99. The molecule has 0 spiro atoms. The van der Waals surface area contributed by atoms with Crippen LogP contribution >= 0.6 is 11.6 Å². The van der Waals surface area contributed by atoms with E-state index >= 15 is 0 Å². The van der Waals surface area contributed by atoms with E-state index in [1.165, 1.54) is 11.1 Å². The lowest BCUT2D eigenvalue weighted by molar-refractivity contribution is 0.237. The predicted molar refractivity (Wildman–Crippen MR) is 67.3 cm³/mol. The molecule has 1 unspecified atom stereocenters. The summed E-state index contributed by atoms with van der Waals surface area (Å²) in [6.07, 6.45) is 0.977. The zero-order valence-corrected chi connectivity index (χ0v) is 10.8. The van der Waals surface area contributed by atoms with Crippen LogP contribution in [0.15, 0.2) is 12.1 Å². The van der Waals surface area contributed by atoms with Gasteiger partial charge in [0.15, 0.2) is 0 Å². The number of benzene rings is 1. The molecule has 0 radical (unpaired) electrons. The van der Waals surface area contributed by atoms with Gasteiger partial charge in [-0.15, -0.1) is 0 Å². The van der Waals surface area contributed by atoms with E-state index < -0.39 is 0 Å². The van der Waals surface area contributed by atoms with Gasteiger partial charge in [-0.05, 0) is 23.1 Å². The summed E-state index contributed by atoms with van der Waals surface area (Å²) in [4.78, 5) is 0. The second-order valence-electron chi connectivity index (χ2n) is 5.37. The average Bonchev–Trinajstić information content (AvgIpc) is 2.57. The Balaban J connectivity index is 2.49. The van der Waals surface area contributed by atoms with E-state index in [9.17, 15) is 0 Å². The zero-order valence-electron chi connectivity index (χ0n) is 10.0. The summed E-state index contributed by atoms with van der Waals surface area (Å²) in [6.45, 7) is 7.05. The van der Waals surface area contributed by atoms with E-state index in [1.54, 1.807) is 0 Å². The number of rotatable bonds is 1. The van der Waals surface area contributed by atoms with Crippen molar-refractivity contribution >= 4 is 11.6 Å². The number of ether oxygens (including phenoxy) is 1. The fourth-order valence-corrected chi connectivity index (χ4v) is 2.32. The SMILES string of the molecule is CC(C)(C)c1cc(Cl)cc2c1OC(CN)C2. The van der Waals surface area contributed by atoms with Gasteiger partial charge in [-0.2, -0.15) is 0 Å². The lowest BCUT2D eigenvalue weighted by atomic mass is 9.85. The van der Waals surface area contributed by atoms with Gasteiger partial charge in [-0.3, -0.25) is 0 Å². The van der Waals surface area contributed by atoms with Crippen LogP contribution in [-0.2, 0) is 11.8 Å². The molecule has 0 aliphatic carbocycles. The van der Waals surface area contributed by atoms with Gasteiger partial charge >= 0.3 is 0 Å². The van der Waals surface area contributed by atoms with Crippen molar-refractivity contribution in [2.45, 2.75) is 38.7 Å². The average molecular weight is 240 g/mol. The van der Waals surface area contributed by atoms with Crippen LogP contribution < -0.4 is 10.5 Å². The van der Waals surface area contributed by atoms with Crippen LogP contribution in [0.1, 0.15) is 31.9 Å². The standard InChI is InChI=1S/C13H18ClNO/c1-13(2,3)11-6-9(14)4-8-5-10(7-15)16-12(8)11/h4,6,10H,5,7,15H2,1-3H3. The monoisotopic (exact) mass is 239 g/mol. The Labute approximate surface area is 102 Å². The summed E-state index contributed by atoms with van der Waals surface area (Å²) in [5.41, 5.74) is 8.05. The van der Waals surface area contributed by atoms with Crippen LogP contribution in [0.4, 0.5) is 0 Å². The molecule has 1 atom stereocenters. The molecule has 0 aromatic heterocycles. The Kier molecular flexibility index (Phi) is 2.89. The van der Waals surface area contributed by atoms with E-state index in [0.29, 0.717) is 6.54 Å². The number of halogens is 1. The molecule has 0 bridgehead atoms. The molecular formula is C13H18ClNO. The number of fused-ring (bicyclic) bond motifs is 1. The fourth-order valence-electron chi connectivity index (χ4n) is 2.08. The van der Waals surface area contributed by atoms with Gasteiger partial charge in [0, 0.05) is 23.6 Å². The van der Waals surface area contributed by atoms with Gasteiger partial charge < -0.3 is 10.5 Å². The molecule has 0 fully saturated rings. The van der Waals surface area contributed by atoms with Crippen LogP contribution in [0, 0.1) is 0 Å². The Morgan fingerprint density at radius 3 is 2.69 bits per heavy atom. The van der Waals surface area contributed by atoms with Crippen molar-refractivity contribution in [2.75, 3.05) is 6.54 Å². The molecule has 0 saturated carbocycles. The largest absolute Gasteiger partial charge is 0.488 e. The first-order valence-corrected chi connectivity index (χ1v) is 5.99. The highest BCUT2D eigenvalue weighted by Gasteiger charge is 2.29. The molecule has 1 aliphatic rings. The van der Waals surface area contributed by atoms with Gasteiger partial charge in [0.2, 0.25) is 0 Å². The Bertz CT molecular complexity index is 409. The maximum Gasteiger partial charge on any atom is 0.126 e. The van der Waals surface area contributed by atoms with Gasteiger partial charge in [0.1, 0.15) is 11.9 Å². The highest BCUT2D eigenvalue weighted by atomic mass is 35.5. The highest BCUT2D eigenvalue weighted by Crippen LogP contribution is 2.40. The van der Waals surface area contributed by atoms with E-state index in [-0.39, 0.29) is 11.5 Å². The molecule has 88 valence electrons. The molecule has 1 heterocycles. The minimum absolute atomic E-state index is 0.0402. The Morgan fingerprint density at radius 2 is 2.12 bits per heavy atom. The molecule has 1 aliphatic heterocycles. The number of hydrogen-bond acceptors (Lipinski definition) is 2. The second-order valence-corrected chi connectivity index (χ2v) is 5.81. The molecule has 2 N–H and O–H groups in total. The third-order valence-corrected chi connectivity index (χ3v) is 3.15. The predicted octanol–water partition coefficient (Wildman–Crippen LogP) is 2.90. The van der Waals surface area contributed by atoms with E-state index in [0.717, 1.165) is 17.2 Å². The Hall–Kier alpha value is -0.730. The van der Waals surface area contributed by atoms with Crippen LogP contribution in [0.3, 0.4) is 0 Å². The van der Waals surface area contributed by atoms with Crippen LogP contribution in [0.5, 0.6) is 5.75 Å². The van der Waals surface area contributed by atoms with E-state index in [4.69, 9.17) is 22.1 Å². The summed E-state index contributed by atoms with van der Waals surface area (Å²) in [5, 5.41) is 0.782. The first kappa shape index (κ1) is 11.7. The highest BCUT2D eigenvalue weighted by molar-refractivity contribution is 6.30. The first-order chi connectivity index (χ1) is 7.41. The summed E-state index contributed by atoms with van der Waals surface area (Å²) < 4.78 is 5.89. The van der Waals surface area contributed by atoms with Crippen molar-refractivity contribution in [3.63, 3.8) is 0 Å². The minimum Gasteiger partial charge on any atom is -0.488 e. The Morgan fingerprint density at radius 1 is 1.44 bits per heavy atom. The van der Waals surface area contributed by atoms with Gasteiger partial charge in [0.05, 0.1) is 0 Å². The number of hydrogen-bond donors (Lipinski definition) is 1. The molecule has 0 saturated heterocycles. The second kappa shape index (κ2) is 3.94. The molecule has 1 aromatic rings. The summed E-state index contributed by atoms with van der Waals surface area (Å²) in [7, 11) is 0. The lowest BCUT2D eigenvalue weighted by Gasteiger charge is -2.22. The molecular weight excluding hydrogens is 222 g/mol. The van der Waals surface area contributed by atoms with E-state index in [1.807, 2.05) is 12.1 Å².